The van der Waals surface area contributed by atoms with Crippen LogP contribution in [0.25, 0.3) is 27.6 Å². The van der Waals surface area contributed by atoms with Crippen LogP contribution in [0.3, 0.4) is 0 Å². The molecule has 0 spiro atoms. The quantitative estimate of drug-likeness (QED) is 0.417. The molecule has 7 heteroatoms. The molecule has 4 aromatic rings. The van der Waals surface area contributed by atoms with E-state index in [4.69, 9.17) is 4.98 Å². The number of carboxylic acid groups (broad SMARTS) is 1. The SMILES string of the molecule is Cc1ccccc1-n1c(S[C@@H](C)C(=O)O)nc2c([nH]c3ccccc32)c1=O. The minimum atomic E-state index is -0.954. The molecule has 0 aliphatic carbocycles. The highest BCUT2D eigenvalue weighted by Gasteiger charge is 2.22. The van der Waals surface area contributed by atoms with Gasteiger partial charge in [0.15, 0.2) is 5.16 Å². The molecule has 2 N–H and O–H groups in total. The van der Waals surface area contributed by atoms with Crippen LogP contribution in [0.15, 0.2) is 58.5 Å². The third-order valence-corrected chi connectivity index (χ3v) is 5.52. The fourth-order valence-corrected chi connectivity index (χ4v) is 3.90. The molecule has 0 aliphatic rings. The Morgan fingerprint density at radius 1 is 1.19 bits per heavy atom. The van der Waals surface area contributed by atoms with Crippen LogP contribution in [0.1, 0.15) is 12.5 Å². The van der Waals surface area contributed by atoms with E-state index in [0.29, 0.717) is 21.9 Å². The Balaban J connectivity index is 2.08. The van der Waals surface area contributed by atoms with Crippen molar-refractivity contribution in [1.82, 2.24) is 14.5 Å². The van der Waals surface area contributed by atoms with Crippen LogP contribution in [0.5, 0.6) is 0 Å². The van der Waals surface area contributed by atoms with Gasteiger partial charge < -0.3 is 10.1 Å². The molecular weight excluding hydrogens is 362 g/mol. The largest absolute Gasteiger partial charge is 0.480 e. The van der Waals surface area contributed by atoms with Gasteiger partial charge in [-0.3, -0.25) is 14.2 Å². The van der Waals surface area contributed by atoms with E-state index in [0.717, 1.165) is 28.2 Å². The lowest BCUT2D eigenvalue weighted by atomic mass is 10.2. The second-order valence-corrected chi connectivity index (χ2v) is 7.62. The number of carboxylic acids is 1. The molecule has 1 atom stereocenters. The van der Waals surface area contributed by atoms with Crippen molar-refractivity contribution in [2.24, 2.45) is 0 Å². The minimum Gasteiger partial charge on any atom is -0.480 e. The normalized spacial score (nSPS) is 12.5. The number of aromatic nitrogens is 3. The van der Waals surface area contributed by atoms with Gasteiger partial charge >= 0.3 is 5.97 Å². The van der Waals surface area contributed by atoms with E-state index in [2.05, 4.69) is 4.98 Å². The van der Waals surface area contributed by atoms with Gasteiger partial charge in [0.2, 0.25) is 0 Å². The van der Waals surface area contributed by atoms with Crippen LogP contribution in [0.2, 0.25) is 0 Å². The highest BCUT2D eigenvalue weighted by Crippen LogP contribution is 2.29. The van der Waals surface area contributed by atoms with E-state index in [1.54, 1.807) is 6.92 Å². The third-order valence-electron chi connectivity index (χ3n) is 4.48. The summed E-state index contributed by atoms with van der Waals surface area (Å²) in [6.07, 6.45) is 0. The second kappa shape index (κ2) is 6.59. The summed E-state index contributed by atoms with van der Waals surface area (Å²) in [5.41, 5.74) is 3.14. The summed E-state index contributed by atoms with van der Waals surface area (Å²) in [6.45, 7) is 3.49. The molecule has 2 heterocycles. The number of hydrogen-bond acceptors (Lipinski definition) is 4. The second-order valence-electron chi connectivity index (χ2n) is 6.31. The number of nitrogens with one attached hydrogen (secondary N) is 1. The smallest absolute Gasteiger partial charge is 0.316 e. The zero-order valence-corrected chi connectivity index (χ0v) is 15.6. The molecule has 0 bridgehead atoms. The summed E-state index contributed by atoms with van der Waals surface area (Å²) < 4.78 is 1.50. The number of thioether (sulfide) groups is 1. The maximum atomic E-state index is 13.4. The first kappa shape index (κ1) is 17.4. The van der Waals surface area contributed by atoms with Gasteiger partial charge in [-0.25, -0.2) is 4.98 Å². The number of nitrogens with zero attached hydrogens (tertiary/aromatic N) is 2. The molecule has 0 saturated heterocycles. The van der Waals surface area contributed by atoms with Gasteiger partial charge in [-0.1, -0.05) is 48.2 Å². The Morgan fingerprint density at radius 3 is 2.63 bits per heavy atom. The molecule has 2 aromatic carbocycles. The standard InChI is InChI=1S/C20H17N3O3S/c1-11-7-3-6-10-15(11)23-18(24)17-16(13-8-4-5-9-14(13)21-17)22-20(23)27-12(2)19(25)26/h3-10,12,21H,1-2H3,(H,25,26)/t12-/m0/s1. The molecule has 0 aliphatic heterocycles. The number of benzene rings is 2. The van der Waals surface area contributed by atoms with Crippen LogP contribution in [-0.2, 0) is 4.79 Å². The van der Waals surface area contributed by atoms with E-state index >= 15 is 0 Å². The van der Waals surface area contributed by atoms with Crippen molar-refractivity contribution < 1.29 is 9.90 Å². The molecular formula is C20H17N3O3S. The Kier molecular flexibility index (Phi) is 4.24. The van der Waals surface area contributed by atoms with Crippen molar-refractivity contribution in [3.63, 3.8) is 0 Å². The fraction of sp³-hybridized carbons (Fsp3) is 0.150. The summed E-state index contributed by atoms with van der Waals surface area (Å²) in [5, 5.41) is 9.79. The average molecular weight is 379 g/mol. The first-order chi connectivity index (χ1) is 13.0. The lowest BCUT2D eigenvalue weighted by Gasteiger charge is -2.15. The van der Waals surface area contributed by atoms with Crippen molar-refractivity contribution in [3.05, 3.63) is 64.4 Å². The number of rotatable bonds is 4. The van der Waals surface area contributed by atoms with Gasteiger partial charge in [0.05, 0.1) is 5.69 Å². The van der Waals surface area contributed by atoms with Gasteiger partial charge in [-0.2, -0.15) is 0 Å². The zero-order valence-electron chi connectivity index (χ0n) is 14.8. The predicted molar refractivity (Wildman–Crippen MR) is 107 cm³/mol. The summed E-state index contributed by atoms with van der Waals surface area (Å²) in [4.78, 5) is 32.6. The van der Waals surface area contributed by atoms with Gasteiger partial charge in [0, 0.05) is 10.9 Å². The van der Waals surface area contributed by atoms with E-state index < -0.39 is 11.2 Å². The van der Waals surface area contributed by atoms with Crippen molar-refractivity contribution >= 4 is 39.7 Å². The molecule has 136 valence electrons. The van der Waals surface area contributed by atoms with Crippen LogP contribution >= 0.6 is 11.8 Å². The number of aliphatic carboxylic acids is 1. The molecule has 0 unspecified atom stereocenters. The van der Waals surface area contributed by atoms with Crippen LogP contribution in [0, 0.1) is 6.92 Å². The number of fused-ring (bicyclic) bond motifs is 3. The predicted octanol–water partition coefficient (Wildman–Crippen LogP) is 3.74. The van der Waals surface area contributed by atoms with Gasteiger partial charge in [0.25, 0.3) is 5.56 Å². The molecule has 0 radical (unpaired) electrons. The van der Waals surface area contributed by atoms with E-state index in [-0.39, 0.29) is 5.56 Å². The molecule has 0 amide bonds. The number of aryl methyl sites for hydroxylation is 1. The van der Waals surface area contributed by atoms with Crippen LogP contribution < -0.4 is 5.56 Å². The molecule has 27 heavy (non-hydrogen) atoms. The van der Waals surface area contributed by atoms with Gasteiger partial charge in [0.1, 0.15) is 16.3 Å². The summed E-state index contributed by atoms with van der Waals surface area (Å²) in [5.74, 6) is -0.954. The first-order valence-corrected chi connectivity index (χ1v) is 9.34. The maximum absolute atomic E-state index is 13.4. The highest BCUT2D eigenvalue weighted by molar-refractivity contribution is 8.00. The van der Waals surface area contributed by atoms with Gasteiger partial charge in [-0.05, 0) is 31.5 Å². The molecule has 2 aromatic heterocycles. The zero-order chi connectivity index (χ0) is 19.1. The van der Waals surface area contributed by atoms with Crippen molar-refractivity contribution in [2.75, 3.05) is 0 Å². The summed E-state index contributed by atoms with van der Waals surface area (Å²) in [6, 6.07) is 15.0. The number of hydrogen-bond donors (Lipinski definition) is 2. The van der Waals surface area contributed by atoms with E-state index in [1.165, 1.54) is 4.57 Å². The molecule has 0 fully saturated rings. The number of H-pyrrole nitrogens is 1. The fourth-order valence-electron chi connectivity index (χ4n) is 3.06. The Bertz CT molecular complexity index is 1240. The molecule has 6 nitrogen and oxygen atoms in total. The summed E-state index contributed by atoms with van der Waals surface area (Å²) >= 11 is 1.06. The number of carbonyl (C=O) groups is 1. The van der Waals surface area contributed by atoms with Gasteiger partial charge in [-0.15, -0.1) is 0 Å². The maximum Gasteiger partial charge on any atom is 0.316 e. The number of aromatic amines is 1. The monoisotopic (exact) mass is 379 g/mol. The third kappa shape index (κ3) is 2.90. The van der Waals surface area contributed by atoms with E-state index in [9.17, 15) is 14.7 Å². The van der Waals surface area contributed by atoms with Crippen molar-refractivity contribution in [1.29, 1.82) is 0 Å². The Hall–Kier alpha value is -3.06. The lowest BCUT2D eigenvalue weighted by molar-refractivity contribution is -0.136. The minimum absolute atomic E-state index is 0.245. The topological polar surface area (TPSA) is 88.0 Å². The summed E-state index contributed by atoms with van der Waals surface area (Å²) in [7, 11) is 0. The van der Waals surface area contributed by atoms with Crippen LogP contribution in [-0.4, -0.2) is 30.9 Å². The average Bonchev–Trinajstić information content (AvgIpc) is 3.02. The van der Waals surface area contributed by atoms with Crippen LogP contribution in [0.4, 0.5) is 0 Å². The Morgan fingerprint density at radius 2 is 1.89 bits per heavy atom. The lowest BCUT2D eigenvalue weighted by Crippen LogP contribution is -2.24. The van der Waals surface area contributed by atoms with E-state index in [1.807, 2.05) is 55.5 Å². The Labute approximate surface area is 158 Å². The van der Waals surface area contributed by atoms with Crippen molar-refractivity contribution in [3.8, 4) is 5.69 Å². The highest BCUT2D eigenvalue weighted by atomic mass is 32.2. The first-order valence-electron chi connectivity index (χ1n) is 8.46. The molecule has 0 saturated carbocycles. The van der Waals surface area contributed by atoms with Crippen molar-refractivity contribution in [2.45, 2.75) is 24.3 Å². The number of para-hydroxylation sites is 2. The molecule has 4 rings (SSSR count).